The molecule has 0 saturated carbocycles. The van der Waals surface area contributed by atoms with E-state index in [4.69, 9.17) is 4.74 Å². The van der Waals surface area contributed by atoms with E-state index in [0.717, 1.165) is 15.0 Å². The first kappa shape index (κ1) is 16.9. The molecule has 0 bridgehead atoms. The molecule has 0 spiro atoms. The van der Waals surface area contributed by atoms with E-state index in [2.05, 4.69) is 38.1 Å². The number of ketones is 1. The molecular weight excluding hydrogens is 439 g/mol. The molecule has 0 aliphatic carbocycles. The Bertz CT molecular complexity index is 834. The first-order chi connectivity index (χ1) is 11.7. The SMILES string of the molecule is COc1ccc(-n2nnnc2SCC(=O)c2ccc(I)cc2)cc1. The summed E-state index contributed by atoms with van der Waals surface area (Å²) >= 11 is 3.52. The van der Waals surface area contributed by atoms with Crippen LogP contribution in [-0.4, -0.2) is 38.9 Å². The maximum Gasteiger partial charge on any atom is 0.214 e. The van der Waals surface area contributed by atoms with Crippen molar-refractivity contribution in [1.29, 1.82) is 0 Å². The van der Waals surface area contributed by atoms with Gasteiger partial charge in [-0.25, -0.2) is 0 Å². The zero-order chi connectivity index (χ0) is 16.9. The first-order valence-corrected chi connectivity index (χ1v) is 9.08. The number of rotatable bonds is 6. The number of carbonyl (C=O) groups is 1. The van der Waals surface area contributed by atoms with E-state index in [1.807, 2.05) is 48.5 Å². The van der Waals surface area contributed by atoms with Crippen LogP contribution in [0.3, 0.4) is 0 Å². The maximum absolute atomic E-state index is 12.3. The molecule has 3 rings (SSSR count). The smallest absolute Gasteiger partial charge is 0.214 e. The lowest BCUT2D eigenvalue weighted by atomic mass is 10.2. The summed E-state index contributed by atoms with van der Waals surface area (Å²) in [5.41, 5.74) is 1.50. The van der Waals surface area contributed by atoms with Crippen LogP contribution >= 0.6 is 34.4 Å². The summed E-state index contributed by atoms with van der Waals surface area (Å²) in [6, 6.07) is 14.9. The minimum absolute atomic E-state index is 0.0423. The van der Waals surface area contributed by atoms with E-state index in [-0.39, 0.29) is 11.5 Å². The third-order valence-electron chi connectivity index (χ3n) is 3.26. The molecule has 0 unspecified atom stereocenters. The van der Waals surface area contributed by atoms with Crippen molar-refractivity contribution in [2.75, 3.05) is 12.9 Å². The fraction of sp³-hybridized carbons (Fsp3) is 0.125. The zero-order valence-electron chi connectivity index (χ0n) is 12.7. The Balaban J connectivity index is 1.71. The van der Waals surface area contributed by atoms with Gasteiger partial charge in [-0.2, -0.15) is 4.68 Å². The molecule has 0 atom stereocenters. The van der Waals surface area contributed by atoms with Crippen LogP contribution in [0.25, 0.3) is 5.69 Å². The number of tetrazole rings is 1. The predicted octanol–water partition coefficient (Wildman–Crippen LogP) is 3.25. The number of ether oxygens (including phenoxy) is 1. The molecule has 0 radical (unpaired) electrons. The quantitative estimate of drug-likeness (QED) is 0.325. The number of methoxy groups -OCH3 is 1. The summed E-state index contributed by atoms with van der Waals surface area (Å²) in [4.78, 5) is 12.3. The van der Waals surface area contributed by atoms with E-state index in [0.29, 0.717) is 10.7 Å². The fourth-order valence-corrected chi connectivity index (χ4v) is 3.15. The Morgan fingerprint density at radius 3 is 2.54 bits per heavy atom. The van der Waals surface area contributed by atoms with E-state index in [1.54, 1.807) is 11.8 Å². The van der Waals surface area contributed by atoms with Gasteiger partial charge < -0.3 is 4.74 Å². The molecule has 24 heavy (non-hydrogen) atoms. The maximum atomic E-state index is 12.3. The minimum Gasteiger partial charge on any atom is -0.497 e. The third kappa shape index (κ3) is 3.93. The molecule has 0 amide bonds. The van der Waals surface area contributed by atoms with Gasteiger partial charge in [0.1, 0.15) is 5.75 Å². The van der Waals surface area contributed by atoms with Gasteiger partial charge in [-0.15, -0.1) is 5.10 Å². The van der Waals surface area contributed by atoms with Gasteiger partial charge in [-0.05, 0) is 69.4 Å². The van der Waals surface area contributed by atoms with Crippen LogP contribution < -0.4 is 4.74 Å². The van der Waals surface area contributed by atoms with Gasteiger partial charge in [0.25, 0.3) is 0 Å². The van der Waals surface area contributed by atoms with E-state index < -0.39 is 0 Å². The summed E-state index contributed by atoms with van der Waals surface area (Å²) in [6.07, 6.45) is 0. The molecular formula is C16H13IN4O2S. The lowest BCUT2D eigenvalue weighted by molar-refractivity contribution is 0.102. The lowest BCUT2D eigenvalue weighted by Gasteiger charge is -2.05. The average molecular weight is 452 g/mol. The lowest BCUT2D eigenvalue weighted by Crippen LogP contribution is -2.05. The fourth-order valence-electron chi connectivity index (χ4n) is 2.00. The predicted molar refractivity (Wildman–Crippen MR) is 99.9 cm³/mol. The van der Waals surface area contributed by atoms with Crippen molar-refractivity contribution in [3.63, 3.8) is 0 Å². The Morgan fingerprint density at radius 2 is 1.88 bits per heavy atom. The van der Waals surface area contributed by atoms with Crippen LogP contribution in [0, 0.1) is 3.57 Å². The van der Waals surface area contributed by atoms with Crippen molar-refractivity contribution in [2.24, 2.45) is 0 Å². The van der Waals surface area contributed by atoms with Crippen molar-refractivity contribution in [1.82, 2.24) is 20.2 Å². The van der Waals surface area contributed by atoms with E-state index >= 15 is 0 Å². The first-order valence-electron chi connectivity index (χ1n) is 7.02. The van der Waals surface area contributed by atoms with Gasteiger partial charge in [-0.1, -0.05) is 23.9 Å². The van der Waals surface area contributed by atoms with Gasteiger partial charge in [0.15, 0.2) is 5.78 Å². The Kier molecular flexibility index (Phi) is 5.46. The van der Waals surface area contributed by atoms with Crippen LogP contribution in [-0.2, 0) is 0 Å². The molecule has 0 aliphatic heterocycles. The third-order valence-corrected chi connectivity index (χ3v) is 4.89. The standard InChI is InChI=1S/C16H13IN4O2S/c1-23-14-8-6-13(7-9-14)21-16(18-19-20-21)24-10-15(22)11-2-4-12(17)5-3-11/h2-9H,10H2,1H3. The number of halogens is 1. The van der Waals surface area contributed by atoms with Crippen molar-refractivity contribution in [3.05, 3.63) is 57.7 Å². The molecule has 6 nitrogen and oxygen atoms in total. The molecule has 1 aromatic heterocycles. The Labute approximate surface area is 156 Å². The number of benzene rings is 2. The summed E-state index contributed by atoms with van der Waals surface area (Å²) in [5.74, 6) is 1.08. The summed E-state index contributed by atoms with van der Waals surface area (Å²) < 4.78 is 7.84. The Hall–Kier alpha value is -1.94. The van der Waals surface area contributed by atoms with Gasteiger partial charge in [0.2, 0.25) is 5.16 Å². The highest BCUT2D eigenvalue weighted by molar-refractivity contribution is 14.1. The number of aromatic nitrogens is 4. The molecule has 3 aromatic rings. The molecule has 8 heteroatoms. The van der Waals surface area contributed by atoms with Crippen LogP contribution in [0.1, 0.15) is 10.4 Å². The second-order valence-electron chi connectivity index (χ2n) is 4.79. The largest absolute Gasteiger partial charge is 0.497 e. The van der Waals surface area contributed by atoms with Crippen molar-refractivity contribution in [2.45, 2.75) is 5.16 Å². The molecule has 0 N–H and O–H groups in total. The Morgan fingerprint density at radius 1 is 1.17 bits per heavy atom. The number of carbonyl (C=O) groups excluding carboxylic acids is 1. The van der Waals surface area contributed by atoms with Gasteiger partial charge in [-0.3, -0.25) is 4.79 Å². The van der Waals surface area contributed by atoms with Crippen molar-refractivity contribution < 1.29 is 9.53 Å². The summed E-state index contributed by atoms with van der Waals surface area (Å²) in [6.45, 7) is 0. The number of hydrogen-bond acceptors (Lipinski definition) is 6. The summed E-state index contributed by atoms with van der Waals surface area (Å²) in [5, 5.41) is 12.3. The monoisotopic (exact) mass is 452 g/mol. The topological polar surface area (TPSA) is 69.9 Å². The van der Waals surface area contributed by atoms with Crippen LogP contribution in [0.5, 0.6) is 5.75 Å². The number of Topliss-reactive ketones (excluding diaryl/α,β-unsaturated/α-hetero) is 1. The second kappa shape index (κ2) is 7.75. The highest BCUT2D eigenvalue weighted by Crippen LogP contribution is 2.21. The van der Waals surface area contributed by atoms with Gasteiger partial charge in [0, 0.05) is 9.13 Å². The van der Waals surface area contributed by atoms with Crippen molar-refractivity contribution in [3.8, 4) is 11.4 Å². The normalized spacial score (nSPS) is 10.6. The molecule has 0 aliphatic rings. The zero-order valence-corrected chi connectivity index (χ0v) is 15.7. The van der Waals surface area contributed by atoms with Crippen LogP contribution in [0.15, 0.2) is 53.7 Å². The second-order valence-corrected chi connectivity index (χ2v) is 6.98. The highest BCUT2D eigenvalue weighted by atomic mass is 127. The highest BCUT2D eigenvalue weighted by Gasteiger charge is 2.13. The van der Waals surface area contributed by atoms with E-state index in [1.165, 1.54) is 11.8 Å². The summed E-state index contributed by atoms with van der Waals surface area (Å²) in [7, 11) is 1.61. The van der Waals surface area contributed by atoms with Crippen molar-refractivity contribution >= 4 is 40.1 Å². The molecule has 122 valence electrons. The number of nitrogens with zero attached hydrogens (tertiary/aromatic N) is 4. The number of hydrogen-bond donors (Lipinski definition) is 0. The van der Waals surface area contributed by atoms with Crippen LogP contribution in [0.4, 0.5) is 0 Å². The van der Waals surface area contributed by atoms with E-state index in [9.17, 15) is 4.79 Å². The molecule has 0 saturated heterocycles. The molecule has 1 heterocycles. The van der Waals surface area contributed by atoms with Gasteiger partial charge in [0.05, 0.1) is 18.6 Å². The van der Waals surface area contributed by atoms with Crippen LogP contribution in [0.2, 0.25) is 0 Å². The average Bonchev–Trinajstić information content (AvgIpc) is 3.09. The number of thioether (sulfide) groups is 1. The van der Waals surface area contributed by atoms with Gasteiger partial charge >= 0.3 is 0 Å². The minimum atomic E-state index is 0.0423. The molecule has 0 fully saturated rings. The molecule has 2 aromatic carbocycles.